The van der Waals surface area contributed by atoms with Crippen molar-refractivity contribution >= 4 is 5.91 Å². The molecule has 0 aromatic rings. The minimum atomic E-state index is -0.793. The minimum Gasteiger partial charge on any atom is -0.377 e. The van der Waals surface area contributed by atoms with Crippen LogP contribution in [0, 0.1) is 11.3 Å². The van der Waals surface area contributed by atoms with Crippen LogP contribution in [0.3, 0.4) is 0 Å². The first-order chi connectivity index (χ1) is 8.23. The van der Waals surface area contributed by atoms with Gasteiger partial charge in [-0.3, -0.25) is 4.79 Å². The Balaban J connectivity index is 2.21. The lowest BCUT2D eigenvalue weighted by atomic mass is 9.47. The number of hydrogen-bond donors (Lipinski definition) is 1. The van der Waals surface area contributed by atoms with Crippen molar-refractivity contribution in [2.75, 3.05) is 20.2 Å². The van der Waals surface area contributed by atoms with E-state index >= 15 is 0 Å². The Labute approximate surface area is 109 Å². The maximum atomic E-state index is 12.6. The van der Waals surface area contributed by atoms with Crippen LogP contribution in [0.25, 0.3) is 0 Å². The zero-order valence-electron chi connectivity index (χ0n) is 11.8. The van der Waals surface area contributed by atoms with Gasteiger partial charge in [-0.15, -0.1) is 0 Å². The molecule has 0 bridgehead atoms. The van der Waals surface area contributed by atoms with Crippen molar-refractivity contribution < 1.29 is 9.53 Å². The summed E-state index contributed by atoms with van der Waals surface area (Å²) in [6, 6.07) is 0. The Morgan fingerprint density at radius 1 is 1.56 bits per heavy atom. The molecule has 2 rings (SSSR count). The van der Waals surface area contributed by atoms with Gasteiger partial charge in [0.25, 0.3) is 0 Å². The molecule has 1 aliphatic carbocycles. The Kier molecular flexibility index (Phi) is 3.06. The number of nitrogens with zero attached hydrogens (tertiary/aromatic N) is 1. The van der Waals surface area contributed by atoms with Crippen molar-refractivity contribution in [1.82, 2.24) is 4.90 Å². The molecule has 1 saturated heterocycles. The fourth-order valence-electron chi connectivity index (χ4n) is 3.61. The quantitative estimate of drug-likeness (QED) is 0.767. The summed E-state index contributed by atoms with van der Waals surface area (Å²) in [5, 5.41) is 0. The van der Waals surface area contributed by atoms with E-state index in [0.717, 1.165) is 18.6 Å². The molecule has 0 aromatic heterocycles. The van der Waals surface area contributed by atoms with E-state index in [9.17, 15) is 4.79 Å². The summed E-state index contributed by atoms with van der Waals surface area (Å²) in [6.07, 6.45) is 1.02. The van der Waals surface area contributed by atoms with Crippen LogP contribution in [0.2, 0.25) is 0 Å². The van der Waals surface area contributed by atoms with Crippen LogP contribution in [0.4, 0.5) is 0 Å². The van der Waals surface area contributed by atoms with Gasteiger partial charge in [0.2, 0.25) is 5.91 Å². The zero-order chi connectivity index (χ0) is 13.7. The standard InChI is InChI=1S/C14H24N2O2/c1-9(2)8-16(5)12(17)14(15)10-6-7-18-11(10)13(14,3)4/h10-11H,1,6-8,15H2,2-5H3. The first-order valence-electron chi connectivity index (χ1n) is 6.53. The van der Waals surface area contributed by atoms with Crippen LogP contribution in [-0.2, 0) is 9.53 Å². The van der Waals surface area contributed by atoms with Gasteiger partial charge in [-0.05, 0) is 13.3 Å². The molecule has 1 heterocycles. The van der Waals surface area contributed by atoms with Crippen molar-refractivity contribution in [3.05, 3.63) is 12.2 Å². The summed E-state index contributed by atoms with van der Waals surface area (Å²) in [4.78, 5) is 14.3. The third-order valence-corrected chi connectivity index (χ3v) is 4.66. The molecule has 3 unspecified atom stereocenters. The summed E-state index contributed by atoms with van der Waals surface area (Å²) < 4.78 is 5.71. The van der Waals surface area contributed by atoms with Gasteiger partial charge >= 0.3 is 0 Å². The van der Waals surface area contributed by atoms with Gasteiger partial charge in [0, 0.05) is 31.5 Å². The van der Waals surface area contributed by atoms with Gasteiger partial charge in [-0.2, -0.15) is 0 Å². The second-order valence-corrected chi connectivity index (χ2v) is 6.40. The number of amides is 1. The highest BCUT2D eigenvalue weighted by Crippen LogP contribution is 2.58. The summed E-state index contributed by atoms with van der Waals surface area (Å²) in [6.45, 7) is 11.1. The first-order valence-corrected chi connectivity index (χ1v) is 6.53. The van der Waals surface area contributed by atoms with E-state index in [1.807, 2.05) is 20.8 Å². The molecule has 0 radical (unpaired) electrons. The van der Waals surface area contributed by atoms with Gasteiger partial charge in [0.1, 0.15) is 5.54 Å². The number of carbonyl (C=O) groups is 1. The van der Waals surface area contributed by atoms with Crippen molar-refractivity contribution in [1.29, 1.82) is 0 Å². The van der Waals surface area contributed by atoms with E-state index in [1.54, 1.807) is 11.9 Å². The fourth-order valence-corrected chi connectivity index (χ4v) is 3.61. The van der Waals surface area contributed by atoms with E-state index in [4.69, 9.17) is 10.5 Å². The van der Waals surface area contributed by atoms with Crippen molar-refractivity contribution in [2.45, 2.75) is 38.8 Å². The largest absolute Gasteiger partial charge is 0.377 e. The van der Waals surface area contributed by atoms with Gasteiger partial charge in [-0.1, -0.05) is 26.0 Å². The molecular weight excluding hydrogens is 228 g/mol. The number of rotatable bonds is 3. The number of carbonyl (C=O) groups excluding carboxylic acids is 1. The van der Waals surface area contributed by atoms with Crippen LogP contribution >= 0.6 is 0 Å². The molecule has 1 amide bonds. The van der Waals surface area contributed by atoms with Gasteiger partial charge in [0.15, 0.2) is 0 Å². The summed E-state index contributed by atoms with van der Waals surface area (Å²) in [7, 11) is 1.80. The number of fused-ring (bicyclic) bond motifs is 1. The molecule has 4 nitrogen and oxygen atoms in total. The van der Waals surface area contributed by atoms with Crippen LogP contribution in [0.5, 0.6) is 0 Å². The minimum absolute atomic E-state index is 0.0160. The SMILES string of the molecule is C=C(C)CN(C)C(=O)C1(N)C2CCOC2C1(C)C. The topological polar surface area (TPSA) is 55.6 Å². The lowest BCUT2D eigenvalue weighted by Gasteiger charge is -2.61. The lowest BCUT2D eigenvalue weighted by Crippen LogP contribution is -2.80. The molecule has 2 fully saturated rings. The molecule has 2 N–H and O–H groups in total. The smallest absolute Gasteiger partial charge is 0.243 e. The molecule has 4 heteroatoms. The molecule has 1 aliphatic heterocycles. The molecule has 0 aromatic carbocycles. The van der Waals surface area contributed by atoms with Crippen LogP contribution in [-0.4, -0.2) is 42.6 Å². The van der Waals surface area contributed by atoms with E-state index in [1.165, 1.54) is 0 Å². The number of ether oxygens (including phenoxy) is 1. The fraction of sp³-hybridized carbons (Fsp3) is 0.786. The summed E-state index contributed by atoms with van der Waals surface area (Å²) >= 11 is 0. The normalized spacial score (nSPS) is 36.7. The average molecular weight is 252 g/mol. The first kappa shape index (κ1) is 13.6. The molecule has 1 saturated carbocycles. The number of hydrogen-bond acceptors (Lipinski definition) is 3. The summed E-state index contributed by atoms with van der Waals surface area (Å²) in [5.74, 6) is 0.176. The number of nitrogens with two attached hydrogens (primary N) is 1. The highest BCUT2D eigenvalue weighted by Gasteiger charge is 2.71. The highest BCUT2D eigenvalue weighted by molar-refractivity contribution is 5.89. The number of likely N-dealkylation sites (N-methyl/N-ethyl adjacent to an activating group) is 1. The van der Waals surface area contributed by atoms with Gasteiger partial charge in [-0.25, -0.2) is 0 Å². The Morgan fingerprint density at radius 3 is 2.72 bits per heavy atom. The predicted molar refractivity (Wildman–Crippen MR) is 71.0 cm³/mol. The molecule has 3 atom stereocenters. The Hall–Kier alpha value is -0.870. The van der Waals surface area contributed by atoms with E-state index < -0.39 is 5.54 Å². The van der Waals surface area contributed by atoms with Crippen LogP contribution in [0.15, 0.2) is 12.2 Å². The third kappa shape index (κ3) is 1.55. The monoisotopic (exact) mass is 252 g/mol. The van der Waals surface area contributed by atoms with E-state index in [0.29, 0.717) is 6.54 Å². The van der Waals surface area contributed by atoms with E-state index in [-0.39, 0.29) is 23.3 Å². The zero-order valence-corrected chi connectivity index (χ0v) is 11.8. The van der Waals surface area contributed by atoms with E-state index in [2.05, 4.69) is 6.58 Å². The molecular formula is C14H24N2O2. The maximum Gasteiger partial charge on any atom is 0.243 e. The molecule has 0 spiro atoms. The Bertz CT molecular complexity index is 391. The molecule has 18 heavy (non-hydrogen) atoms. The van der Waals surface area contributed by atoms with Crippen LogP contribution in [0.1, 0.15) is 27.2 Å². The highest BCUT2D eigenvalue weighted by atomic mass is 16.5. The third-order valence-electron chi connectivity index (χ3n) is 4.66. The van der Waals surface area contributed by atoms with Crippen molar-refractivity contribution in [3.8, 4) is 0 Å². The second-order valence-electron chi connectivity index (χ2n) is 6.40. The van der Waals surface area contributed by atoms with Crippen molar-refractivity contribution in [2.24, 2.45) is 17.1 Å². The maximum absolute atomic E-state index is 12.6. The molecule has 2 aliphatic rings. The van der Waals surface area contributed by atoms with Crippen LogP contribution < -0.4 is 5.73 Å². The molecule has 102 valence electrons. The van der Waals surface area contributed by atoms with Crippen molar-refractivity contribution in [3.63, 3.8) is 0 Å². The van der Waals surface area contributed by atoms with Gasteiger partial charge < -0.3 is 15.4 Å². The lowest BCUT2D eigenvalue weighted by molar-refractivity contribution is -0.182. The Morgan fingerprint density at radius 2 is 2.17 bits per heavy atom. The average Bonchev–Trinajstić information content (AvgIpc) is 2.73. The van der Waals surface area contributed by atoms with Gasteiger partial charge in [0.05, 0.1) is 6.10 Å². The predicted octanol–water partition coefficient (Wildman–Crippen LogP) is 1.16. The summed E-state index contributed by atoms with van der Waals surface area (Å²) in [5.41, 5.74) is 6.36. The second kappa shape index (κ2) is 4.07.